The van der Waals surface area contributed by atoms with Crippen LogP contribution in [-0.2, 0) is 11.3 Å². The van der Waals surface area contributed by atoms with E-state index in [9.17, 15) is 13.2 Å². The number of hydrogen-bond acceptors (Lipinski definition) is 3. The van der Waals surface area contributed by atoms with E-state index in [4.69, 9.17) is 9.47 Å². The monoisotopic (exact) mass is 356 g/mol. The van der Waals surface area contributed by atoms with Crippen molar-refractivity contribution in [1.82, 2.24) is 9.47 Å². The van der Waals surface area contributed by atoms with Crippen molar-refractivity contribution in [2.24, 2.45) is 0 Å². The summed E-state index contributed by atoms with van der Waals surface area (Å²) >= 11 is 0. The van der Waals surface area contributed by atoms with Gasteiger partial charge in [-0.1, -0.05) is 6.07 Å². The number of alkyl halides is 3. The number of halogens is 3. The van der Waals surface area contributed by atoms with Gasteiger partial charge in [0.05, 0.1) is 12.1 Å². The standard InChI is InChI=1S/C18H23F3N2O2/c1-24-12-11-22-8-5-14(6-9-22)25-17-4-2-3-16-15(17)7-10-23(16)13-18(19,20)21/h2-4,7,10,14H,5-6,8-9,11-13H2,1H3. The summed E-state index contributed by atoms with van der Waals surface area (Å²) in [6, 6.07) is 6.97. The van der Waals surface area contributed by atoms with Crippen LogP contribution in [0.4, 0.5) is 13.2 Å². The van der Waals surface area contributed by atoms with Crippen molar-refractivity contribution in [1.29, 1.82) is 0 Å². The predicted molar refractivity (Wildman–Crippen MR) is 90.0 cm³/mol. The molecule has 0 aliphatic carbocycles. The Bertz CT molecular complexity index is 691. The van der Waals surface area contributed by atoms with Gasteiger partial charge in [0, 0.05) is 38.3 Å². The maximum atomic E-state index is 12.7. The van der Waals surface area contributed by atoms with E-state index < -0.39 is 12.7 Å². The number of piperidine rings is 1. The lowest BCUT2D eigenvalue weighted by Gasteiger charge is -2.32. The van der Waals surface area contributed by atoms with Gasteiger partial charge in [-0.15, -0.1) is 0 Å². The zero-order valence-electron chi connectivity index (χ0n) is 14.3. The van der Waals surface area contributed by atoms with Crippen molar-refractivity contribution in [3.8, 4) is 5.75 Å². The molecule has 7 heteroatoms. The summed E-state index contributed by atoms with van der Waals surface area (Å²) < 4.78 is 50.5. The van der Waals surface area contributed by atoms with Gasteiger partial charge in [-0.25, -0.2) is 0 Å². The fourth-order valence-corrected chi connectivity index (χ4v) is 3.28. The maximum Gasteiger partial charge on any atom is 0.406 e. The van der Waals surface area contributed by atoms with Crippen molar-refractivity contribution in [2.75, 3.05) is 33.4 Å². The Morgan fingerprint density at radius 2 is 1.92 bits per heavy atom. The van der Waals surface area contributed by atoms with Gasteiger partial charge < -0.3 is 18.9 Å². The number of benzene rings is 1. The van der Waals surface area contributed by atoms with Crippen LogP contribution >= 0.6 is 0 Å². The molecule has 2 heterocycles. The fraction of sp³-hybridized carbons (Fsp3) is 0.556. The molecule has 1 aliphatic rings. The first-order valence-corrected chi connectivity index (χ1v) is 8.49. The van der Waals surface area contributed by atoms with E-state index in [1.54, 1.807) is 25.3 Å². The van der Waals surface area contributed by atoms with Crippen LogP contribution in [0, 0.1) is 0 Å². The largest absolute Gasteiger partial charge is 0.490 e. The lowest BCUT2D eigenvalue weighted by molar-refractivity contribution is -0.139. The van der Waals surface area contributed by atoms with Crippen LogP contribution in [-0.4, -0.2) is 55.1 Å². The van der Waals surface area contributed by atoms with E-state index in [1.165, 1.54) is 10.8 Å². The Morgan fingerprint density at radius 3 is 2.60 bits per heavy atom. The summed E-state index contributed by atoms with van der Waals surface area (Å²) in [6.07, 6.45) is -0.862. The van der Waals surface area contributed by atoms with Crippen LogP contribution in [0.1, 0.15) is 12.8 Å². The second kappa shape index (κ2) is 7.66. The van der Waals surface area contributed by atoms with Gasteiger partial charge in [-0.3, -0.25) is 0 Å². The average Bonchev–Trinajstić information content (AvgIpc) is 2.96. The van der Waals surface area contributed by atoms with Crippen LogP contribution in [0.5, 0.6) is 5.75 Å². The molecule has 0 N–H and O–H groups in total. The molecule has 0 atom stereocenters. The van der Waals surface area contributed by atoms with Crippen LogP contribution in [0.3, 0.4) is 0 Å². The highest BCUT2D eigenvalue weighted by Crippen LogP contribution is 2.30. The number of methoxy groups -OCH3 is 1. The first kappa shape index (κ1) is 18.1. The minimum atomic E-state index is -4.24. The van der Waals surface area contributed by atoms with Gasteiger partial charge in [0.25, 0.3) is 0 Å². The highest BCUT2D eigenvalue weighted by molar-refractivity contribution is 5.86. The van der Waals surface area contributed by atoms with Gasteiger partial charge in [-0.2, -0.15) is 13.2 Å². The Balaban J connectivity index is 1.66. The Labute approximate surface area is 145 Å². The molecule has 1 aromatic heterocycles. The van der Waals surface area contributed by atoms with Gasteiger partial charge in [0.2, 0.25) is 0 Å². The lowest BCUT2D eigenvalue weighted by Crippen LogP contribution is -2.39. The zero-order chi connectivity index (χ0) is 17.9. The van der Waals surface area contributed by atoms with Crippen molar-refractivity contribution in [2.45, 2.75) is 31.7 Å². The second-order valence-electron chi connectivity index (χ2n) is 6.40. The summed E-state index contributed by atoms with van der Waals surface area (Å²) in [5.74, 6) is 0.661. The molecule has 4 nitrogen and oxygen atoms in total. The summed E-state index contributed by atoms with van der Waals surface area (Å²) in [5, 5.41) is 0.730. The van der Waals surface area contributed by atoms with Gasteiger partial charge >= 0.3 is 6.18 Å². The molecule has 1 aliphatic heterocycles. The number of nitrogens with zero attached hydrogens (tertiary/aromatic N) is 2. The molecular weight excluding hydrogens is 333 g/mol. The second-order valence-corrected chi connectivity index (χ2v) is 6.40. The quantitative estimate of drug-likeness (QED) is 0.790. The summed E-state index contributed by atoms with van der Waals surface area (Å²) in [7, 11) is 1.70. The number of rotatable bonds is 6. The number of fused-ring (bicyclic) bond motifs is 1. The van der Waals surface area contributed by atoms with Crippen molar-refractivity contribution in [3.63, 3.8) is 0 Å². The molecule has 1 aromatic carbocycles. The van der Waals surface area contributed by atoms with E-state index in [-0.39, 0.29) is 6.10 Å². The zero-order valence-corrected chi connectivity index (χ0v) is 14.3. The highest BCUT2D eigenvalue weighted by atomic mass is 19.4. The molecule has 0 unspecified atom stereocenters. The first-order valence-electron chi connectivity index (χ1n) is 8.49. The Morgan fingerprint density at radius 1 is 1.16 bits per heavy atom. The van der Waals surface area contributed by atoms with E-state index in [0.717, 1.165) is 44.5 Å². The van der Waals surface area contributed by atoms with E-state index in [1.807, 2.05) is 6.07 Å². The minimum Gasteiger partial charge on any atom is -0.490 e. The minimum absolute atomic E-state index is 0.0929. The smallest absolute Gasteiger partial charge is 0.406 e. The van der Waals surface area contributed by atoms with Crippen molar-refractivity contribution >= 4 is 10.9 Å². The molecule has 2 aromatic rings. The molecule has 0 amide bonds. The van der Waals surface area contributed by atoms with Crippen LogP contribution in [0.25, 0.3) is 10.9 Å². The number of hydrogen-bond donors (Lipinski definition) is 0. The molecule has 25 heavy (non-hydrogen) atoms. The summed E-state index contributed by atoms with van der Waals surface area (Å²) in [4.78, 5) is 2.34. The molecule has 138 valence electrons. The molecule has 0 radical (unpaired) electrons. The fourth-order valence-electron chi connectivity index (χ4n) is 3.28. The van der Waals surface area contributed by atoms with E-state index in [0.29, 0.717) is 11.3 Å². The summed E-state index contributed by atoms with van der Waals surface area (Å²) in [5.41, 5.74) is 0.548. The third-order valence-electron chi connectivity index (χ3n) is 4.56. The first-order chi connectivity index (χ1) is 12.0. The predicted octanol–water partition coefficient (Wildman–Crippen LogP) is 3.69. The molecular formula is C18H23F3N2O2. The Hall–Kier alpha value is -1.73. The molecule has 0 spiro atoms. The third-order valence-corrected chi connectivity index (χ3v) is 4.56. The molecule has 1 saturated heterocycles. The molecule has 3 rings (SSSR count). The van der Waals surface area contributed by atoms with E-state index >= 15 is 0 Å². The number of aromatic nitrogens is 1. The topological polar surface area (TPSA) is 26.6 Å². The van der Waals surface area contributed by atoms with Gasteiger partial charge in [0.15, 0.2) is 0 Å². The van der Waals surface area contributed by atoms with Gasteiger partial charge in [-0.05, 0) is 31.0 Å². The average molecular weight is 356 g/mol. The molecule has 0 saturated carbocycles. The van der Waals surface area contributed by atoms with Gasteiger partial charge in [0.1, 0.15) is 18.4 Å². The normalized spacial score (nSPS) is 17.3. The van der Waals surface area contributed by atoms with Crippen LogP contribution < -0.4 is 4.74 Å². The molecule has 1 fully saturated rings. The van der Waals surface area contributed by atoms with E-state index in [2.05, 4.69) is 4.90 Å². The molecule has 0 bridgehead atoms. The Kier molecular flexibility index (Phi) is 5.54. The number of likely N-dealkylation sites (tertiary alicyclic amines) is 1. The number of ether oxygens (including phenoxy) is 2. The highest BCUT2D eigenvalue weighted by Gasteiger charge is 2.28. The third kappa shape index (κ3) is 4.67. The lowest BCUT2D eigenvalue weighted by atomic mass is 10.1. The van der Waals surface area contributed by atoms with Crippen molar-refractivity contribution < 1.29 is 22.6 Å². The maximum absolute atomic E-state index is 12.7. The summed E-state index contributed by atoms with van der Waals surface area (Å²) in [6.45, 7) is 2.53. The van der Waals surface area contributed by atoms with Crippen molar-refractivity contribution in [3.05, 3.63) is 30.5 Å². The van der Waals surface area contributed by atoms with Crippen LogP contribution in [0.2, 0.25) is 0 Å². The SMILES string of the molecule is COCCN1CCC(Oc2cccc3c2ccn3CC(F)(F)F)CC1. The van der Waals surface area contributed by atoms with Crippen LogP contribution in [0.15, 0.2) is 30.5 Å².